The molecule has 0 amide bonds. The van der Waals surface area contributed by atoms with E-state index in [2.05, 4.69) is 0 Å². The first kappa shape index (κ1) is 11.9. The second kappa shape index (κ2) is 5.64. The second-order valence-electron chi connectivity index (χ2n) is 4.60. The minimum atomic E-state index is -0.380. The maximum atomic E-state index is 11.8. The smallest absolute Gasteiger partial charge is 0.337 e. The van der Waals surface area contributed by atoms with Gasteiger partial charge in [-0.05, 0) is 39.0 Å². The molecule has 0 aromatic heterocycles. The largest absolute Gasteiger partial charge is 0.434 e. The fourth-order valence-electron chi connectivity index (χ4n) is 2.19. The van der Waals surface area contributed by atoms with Gasteiger partial charge in [-0.2, -0.15) is 0 Å². The monoisotopic (exact) mass is 228 g/mol. The Morgan fingerprint density at radius 3 is 2.75 bits per heavy atom. The summed E-state index contributed by atoms with van der Waals surface area (Å²) in [5.41, 5.74) is 0. The van der Waals surface area contributed by atoms with E-state index in [4.69, 9.17) is 14.2 Å². The van der Waals surface area contributed by atoms with E-state index < -0.39 is 0 Å². The quantitative estimate of drug-likeness (QED) is 0.678. The molecule has 0 bridgehead atoms. The Labute approximate surface area is 96.2 Å². The average molecular weight is 228 g/mol. The van der Waals surface area contributed by atoms with Gasteiger partial charge in [-0.15, -0.1) is 0 Å². The van der Waals surface area contributed by atoms with Crippen molar-refractivity contribution >= 4 is 5.97 Å². The third-order valence-corrected chi connectivity index (χ3v) is 3.12. The van der Waals surface area contributed by atoms with Crippen LogP contribution in [0.25, 0.3) is 0 Å². The second-order valence-corrected chi connectivity index (χ2v) is 4.60. The Balaban J connectivity index is 1.77. The van der Waals surface area contributed by atoms with E-state index in [1.54, 1.807) is 0 Å². The third-order valence-electron chi connectivity index (χ3n) is 3.12. The van der Waals surface area contributed by atoms with Crippen LogP contribution in [0.3, 0.4) is 0 Å². The maximum absolute atomic E-state index is 11.8. The van der Waals surface area contributed by atoms with E-state index in [-0.39, 0.29) is 24.5 Å². The lowest BCUT2D eigenvalue weighted by Gasteiger charge is -2.29. The Bertz CT molecular complexity index is 235. The normalized spacial score (nSPS) is 35.7. The maximum Gasteiger partial charge on any atom is 0.337 e. The lowest BCUT2D eigenvalue weighted by atomic mass is 10.1. The molecule has 0 N–H and O–H groups in total. The predicted octanol–water partition coefficient (Wildman–Crippen LogP) is 2.01. The van der Waals surface area contributed by atoms with Gasteiger partial charge in [0.2, 0.25) is 6.29 Å². The Hall–Kier alpha value is -0.610. The average Bonchev–Trinajstić information content (AvgIpc) is 2.30. The van der Waals surface area contributed by atoms with Crippen molar-refractivity contribution in [3.8, 4) is 0 Å². The topological polar surface area (TPSA) is 44.8 Å². The van der Waals surface area contributed by atoms with Gasteiger partial charge in [0.15, 0.2) is 6.10 Å². The summed E-state index contributed by atoms with van der Waals surface area (Å²) in [4.78, 5) is 11.8. The van der Waals surface area contributed by atoms with Crippen LogP contribution in [0.2, 0.25) is 0 Å². The molecular weight excluding hydrogens is 208 g/mol. The van der Waals surface area contributed by atoms with Crippen LogP contribution in [0, 0.1) is 0 Å². The summed E-state index contributed by atoms with van der Waals surface area (Å²) in [6.07, 6.45) is 5.22. The summed E-state index contributed by atoms with van der Waals surface area (Å²) in [5.74, 6) is -0.251. The molecule has 92 valence electrons. The number of hydrogen-bond donors (Lipinski definition) is 0. The van der Waals surface area contributed by atoms with Crippen molar-refractivity contribution in [2.75, 3.05) is 6.61 Å². The minimum Gasteiger partial charge on any atom is -0.434 e. The molecule has 0 aliphatic carbocycles. The van der Waals surface area contributed by atoms with Crippen LogP contribution in [0.4, 0.5) is 0 Å². The summed E-state index contributed by atoms with van der Waals surface area (Å²) >= 11 is 0. The standard InChI is InChI=1S/C12H20O4/c1-9-5-4-6-10(15-9)12(13)16-11-7-2-3-8-14-11/h9-11H,2-8H2,1H3. The van der Waals surface area contributed by atoms with Gasteiger partial charge >= 0.3 is 5.97 Å². The van der Waals surface area contributed by atoms with Crippen molar-refractivity contribution in [3.63, 3.8) is 0 Å². The van der Waals surface area contributed by atoms with Gasteiger partial charge in [0.05, 0.1) is 12.7 Å². The summed E-state index contributed by atoms with van der Waals surface area (Å²) in [7, 11) is 0. The third kappa shape index (κ3) is 3.19. The van der Waals surface area contributed by atoms with Crippen molar-refractivity contribution in [2.24, 2.45) is 0 Å². The van der Waals surface area contributed by atoms with E-state index in [9.17, 15) is 4.79 Å². The fraction of sp³-hybridized carbons (Fsp3) is 0.917. The molecule has 2 rings (SSSR count). The van der Waals surface area contributed by atoms with Gasteiger partial charge in [-0.3, -0.25) is 0 Å². The van der Waals surface area contributed by atoms with E-state index >= 15 is 0 Å². The van der Waals surface area contributed by atoms with Gasteiger partial charge in [0.25, 0.3) is 0 Å². The van der Waals surface area contributed by atoms with Crippen molar-refractivity contribution < 1.29 is 19.0 Å². The molecule has 2 aliphatic heterocycles. The van der Waals surface area contributed by atoms with Crippen molar-refractivity contribution in [1.29, 1.82) is 0 Å². The Morgan fingerprint density at radius 2 is 2.06 bits per heavy atom. The zero-order chi connectivity index (χ0) is 11.4. The van der Waals surface area contributed by atoms with Gasteiger partial charge in [-0.1, -0.05) is 0 Å². The van der Waals surface area contributed by atoms with Crippen LogP contribution in [-0.4, -0.2) is 31.1 Å². The molecule has 2 heterocycles. The summed E-state index contributed by atoms with van der Waals surface area (Å²) in [5, 5.41) is 0. The van der Waals surface area contributed by atoms with Crippen molar-refractivity contribution in [3.05, 3.63) is 0 Å². The molecule has 4 nitrogen and oxygen atoms in total. The van der Waals surface area contributed by atoms with Crippen LogP contribution in [0.5, 0.6) is 0 Å². The summed E-state index contributed by atoms with van der Waals surface area (Å²) in [6, 6.07) is 0. The van der Waals surface area contributed by atoms with Crippen molar-refractivity contribution in [2.45, 2.75) is 63.9 Å². The molecule has 3 atom stereocenters. The van der Waals surface area contributed by atoms with Gasteiger partial charge in [0.1, 0.15) is 0 Å². The first-order valence-corrected chi connectivity index (χ1v) is 6.23. The number of esters is 1. The molecule has 2 fully saturated rings. The van der Waals surface area contributed by atoms with E-state index in [1.165, 1.54) is 0 Å². The highest BCUT2D eigenvalue weighted by Gasteiger charge is 2.29. The Kier molecular flexibility index (Phi) is 4.18. The lowest BCUT2D eigenvalue weighted by molar-refractivity contribution is -0.202. The zero-order valence-corrected chi connectivity index (χ0v) is 9.81. The molecule has 0 radical (unpaired) electrons. The van der Waals surface area contributed by atoms with E-state index in [0.29, 0.717) is 6.61 Å². The molecule has 0 aromatic rings. The highest BCUT2D eigenvalue weighted by atomic mass is 16.7. The summed E-state index contributed by atoms with van der Waals surface area (Å²) in [6.45, 7) is 2.69. The SMILES string of the molecule is CC1CCCC(C(=O)OC2CCCCO2)O1. The first-order chi connectivity index (χ1) is 7.75. The molecule has 4 heteroatoms. The Morgan fingerprint density at radius 1 is 1.19 bits per heavy atom. The number of ether oxygens (including phenoxy) is 3. The fourth-order valence-corrected chi connectivity index (χ4v) is 2.19. The van der Waals surface area contributed by atoms with E-state index in [0.717, 1.165) is 38.5 Å². The molecule has 0 spiro atoms. The first-order valence-electron chi connectivity index (χ1n) is 6.23. The van der Waals surface area contributed by atoms with Crippen LogP contribution in [0.15, 0.2) is 0 Å². The van der Waals surface area contributed by atoms with Crippen LogP contribution in [0.1, 0.15) is 45.4 Å². The zero-order valence-electron chi connectivity index (χ0n) is 9.81. The van der Waals surface area contributed by atoms with E-state index in [1.807, 2.05) is 6.92 Å². The molecule has 0 aromatic carbocycles. The van der Waals surface area contributed by atoms with Gasteiger partial charge in [-0.25, -0.2) is 4.79 Å². The van der Waals surface area contributed by atoms with Crippen LogP contribution >= 0.6 is 0 Å². The molecule has 2 saturated heterocycles. The predicted molar refractivity (Wildman–Crippen MR) is 57.9 cm³/mol. The molecule has 16 heavy (non-hydrogen) atoms. The minimum absolute atomic E-state index is 0.165. The summed E-state index contributed by atoms with van der Waals surface area (Å²) < 4.78 is 16.2. The van der Waals surface area contributed by atoms with Crippen LogP contribution in [-0.2, 0) is 19.0 Å². The lowest BCUT2D eigenvalue weighted by Crippen LogP contribution is -2.37. The highest BCUT2D eigenvalue weighted by molar-refractivity contribution is 5.74. The number of carbonyl (C=O) groups excluding carboxylic acids is 1. The molecule has 2 aliphatic rings. The molecular formula is C12H20O4. The van der Waals surface area contributed by atoms with Gasteiger partial charge in [0, 0.05) is 6.42 Å². The number of rotatable bonds is 2. The number of carbonyl (C=O) groups is 1. The molecule has 0 saturated carbocycles. The van der Waals surface area contributed by atoms with Gasteiger partial charge < -0.3 is 14.2 Å². The molecule has 3 unspecified atom stereocenters. The van der Waals surface area contributed by atoms with Crippen molar-refractivity contribution in [1.82, 2.24) is 0 Å². The van der Waals surface area contributed by atoms with Crippen LogP contribution < -0.4 is 0 Å². The highest BCUT2D eigenvalue weighted by Crippen LogP contribution is 2.21. The number of hydrogen-bond acceptors (Lipinski definition) is 4.